The summed E-state index contributed by atoms with van der Waals surface area (Å²) < 4.78 is 0. The van der Waals surface area contributed by atoms with E-state index in [0.717, 1.165) is 19.3 Å². The highest BCUT2D eigenvalue weighted by Gasteiger charge is 2.29. The number of nitrogens with one attached hydrogen (secondary N) is 1. The average Bonchev–Trinajstić information content (AvgIpc) is 2.60. The van der Waals surface area contributed by atoms with Crippen LogP contribution in [-0.4, -0.2) is 47.6 Å². The Kier molecular flexibility index (Phi) is 6.79. The van der Waals surface area contributed by atoms with Gasteiger partial charge in [0.25, 0.3) is 5.91 Å². The van der Waals surface area contributed by atoms with Gasteiger partial charge < -0.3 is 15.3 Å². The summed E-state index contributed by atoms with van der Waals surface area (Å²) in [5.74, 6) is 0.131. The van der Waals surface area contributed by atoms with E-state index in [-0.39, 0.29) is 30.4 Å². The van der Waals surface area contributed by atoms with Gasteiger partial charge in [0, 0.05) is 18.7 Å². The number of carbonyl (C=O) groups is 2. The van der Waals surface area contributed by atoms with Crippen LogP contribution in [0.3, 0.4) is 0 Å². The minimum atomic E-state index is -0.210. The number of nitrogens with zero attached hydrogens (tertiary/aromatic N) is 1. The Bertz CT molecular complexity index is 545. The van der Waals surface area contributed by atoms with Crippen LogP contribution in [0.15, 0.2) is 30.3 Å². The number of benzene rings is 1. The molecule has 1 aromatic rings. The number of amides is 2. The number of piperidine rings is 1. The molecule has 1 heterocycles. The van der Waals surface area contributed by atoms with E-state index in [4.69, 9.17) is 0 Å². The zero-order chi connectivity index (χ0) is 17.5. The maximum Gasteiger partial charge on any atom is 0.253 e. The van der Waals surface area contributed by atoms with Crippen molar-refractivity contribution in [2.45, 2.75) is 39.2 Å². The summed E-state index contributed by atoms with van der Waals surface area (Å²) in [4.78, 5) is 26.8. The summed E-state index contributed by atoms with van der Waals surface area (Å²) >= 11 is 0. The fraction of sp³-hybridized carbons (Fsp3) is 0.579. The monoisotopic (exact) mass is 332 g/mol. The van der Waals surface area contributed by atoms with Gasteiger partial charge in [-0.25, -0.2) is 0 Å². The number of rotatable bonds is 6. The first-order valence-corrected chi connectivity index (χ1v) is 8.76. The standard InChI is InChI=1S/C19H28N2O3/c1-14(2)11-17(13-22)20-18(23)16-9-6-10-21(12-16)19(24)15-7-4-3-5-8-15/h3-5,7-8,14,16-17,22H,6,9-13H2,1-2H3,(H,20,23). The molecule has 2 unspecified atom stereocenters. The number of hydrogen-bond acceptors (Lipinski definition) is 3. The molecule has 0 aromatic heterocycles. The van der Waals surface area contributed by atoms with Crippen LogP contribution in [0.2, 0.25) is 0 Å². The predicted molar refractivity (Wildman–Crippen MR) is 93.5 cm³/mol. The van der Waals surface area contributed by atoms with Gasteiger partial charge in [-0.05, 0) is 37.3 Å². The molecule has 0 aliphatic carbocycles. The van der Waals surface area contributed by atoms with Gasteiger partial charge in [-0.1, -0.05) is 32.0 Å². The van der Waals surface area contributed by atoms with Crippen LogP contribution >= 0.6 is 0 Å². The molecule has 1 saturated heterocycles. The van der Waals surface area contributed by atoms with Crippen molar-refractivity contribution < 1.29 is 14.7 Å². The third-order valence-electron chi connectivity index (χ3n) is 4.42. The summed E-state index contributed by atoms with van der Waals surface area (Å²) in [6, 6.07) is 8.97. The Balaban J connectivity index is 1.94. The fourth-order valence-electron chi connectivity index (χ4n) is 3.21. The van der Waals surface area contributed by atoms with Gasteiger partial charge in [-0.3, -0.25) is 9.59 Å². The molecule has 2 atom stereocenters. The molecule has 0 bridgehead atoms. The normalized spacial score (nSPS) is 19.2. The van der Waals surface area contributed by atoms with E-state index >= 15 is 0 Å². The van der Waals surface area contributed by atoms with Crippen molar-refractivity contribution in [2.24, 2.45) is 11.8 Å². The number of aliphatic hydroxyl groups excluding tert-OH is 1. The molecule has 2 N–H and O–H groups in total. The van der Waals surface area contributed by atoms with E-state index in [9.17, 15) is 14.7 Å². The van der Waals surface area contributed by atoms with E-state index in [2.05, 4.69) is 19.2 Å². The van der Waals surface area contributed by atoms with Crippen molar-refractivity contribution in [3.05, 3.63) is 35.9 Å². The van der Waals surface area contributed by atoms with Crippen molar-refractivity contribution in [1.82, 2.24) is 10.2 Å². The number of aliphatic hydroxyl groups is 1. The van der Waals surface area contributed by atoms with Crippen LogP contribution < -0.4 is 5.32 Å². The van der Waals surface area contributed by atoms with Crippen molar-refractivity contribution in [3.8, 4) is 0 Å². The molecule has 2 amide bonds. The molecular weight excluding hydrogens is 304 g/mol. The largest absolute Gasteiger partial charge is 0.394 e. The zero-order valence-corrected chi connectivity index (χ0v) is 14.6. The molecule has 5 nitrogen and oxygen atoms in total. The smallest absolute Gasteiger partial charge is 0.253 e. The van der Waals surface area contributed by atoms with E-state index in [0.29, 0.717) is 24.6 Å². The van der Waals surface area contributed by atoms with Gasteiger partial charge in [0.2, 0.25) is 5.91 Å². The maximum absolute atomic E-state index is 12.5. The SMILES string of the molecule is CC(C)CC(CO)NC(=O)C1CCCN(C(=O)c2ccccc2)C1. The highest BCUT2D eigenvalue weighted by Crippen LogP contribution is 2.19. The third kappa shape index (κ3) is 5.06. The second kappa shape index (κ2) is 8.83. The van der Waals surface area contributed by atoms with Crippen LogP contribution in [0, 0.1) is 11.8 Å². The van der Waals surface area contributed by atoms with Crippen molar-refractivity contribution >= 4 is 11.8 Å². The number of likely N-dealkylation sites (tertiary alicyclic amines) is 1. The van der Waals surface area contributed by atoms with Crippen LogP contribution in [0.5, 0.6) is 0 Å². The summed E-state index contributed by atoms with van der Waals surface area (Å²) in [5.41, 5.74) is 0.659. The molecule has 132 valence electrons. The second-order valence-corrected chi connectivity index (χ2v) is 6.97. The molecule has 0 saturated carbocycles. The lowest BCUT2D eigenvalue weighted by Gasteiger charge is -2.33. The lowest BCUT2D eigenvalue weighted by molar-refractivity contribution is -0.127. The molecule has 24 heavy (non-hydrogen) atoms. The first kappa shape index (κ1) is 18.5. The van der Waals surface area contributed by atoms with Crippen molar-refractivity contribution in [3.63, 3.8) is 0 Å². The first-order chi connectivity index (χ1) is 11.5. The molecular formula is C19H28N2O3. The lowest BCUT2D eigenvalue weighted by atomic mass is 9.95. The van der Waals surface area contributed by atoms with Gasteiger partial charge >= 0.3 is 0 Å². The molecule has 1 aromatic carbocycles. The van der Waals surface area contributed by atoms with Crippen LogP contribution in [0.4, 0.5) is 0 Å². The van der Waals surface area contributed by atoms with E-state index in [1.807, 2.05) is 18.2 Å². The van der Waals surface area contributed by atoms with Crippen LogP contribution in [0.25, 0.3) is 0 Å². The number of hydrogen-bond donors (Lipinski definition) is 2. The van der Waals surface area contributed by atoms with E-state index in [1.54, 1.807) is 17.0 Å². The number of carbonyl (C=O) groups excluding carboxylic acids is 2. The Morgan fingerprint density at radius 1 is 1.29 bits per heavy atom. The van der Waals surface area contributed by atoms with Crippen LogP contribution in [0.1, 0.15) is 43.5 Å². The molecule has 5 heteroatoms. The van der Waals surface area contributed by atoms with Gasteiger partial charge in [0.05, 0.1) is 18.6 Å². The van der Waals surface area contributed by atoms with Crippen LogP contribution in [-0.2, 0) is 4.79 Å². The summed E-state index contributed by atoms with van der Waals surface area (Å²) in [6.07, 6.45) is 2.36. The van der Waals surface area contributed by atoms with Gasteiger partial charge in [-0.2, -0.15) is 0 Å². The van der Waals surface area contributed by atoms with E-state index in [1.165, 1.54) is 0 Å². The topological polar surface area (TPSA) is 69.6 Å². The molecule has 1 fully saturated rings. The van der Waals surface area contributed by atoms with Gasteiger partial charge in [0.1, 0.15) is 0 Å². The highest BCUT2D eigenvalue weighted by atomic mass is 16.3. The third-order valence-corrected chi connectivity index (χ3v) is 4.42. The van der Waals surface area contributed by atoms with Gasteiger partial charge in [0.15, 0.2) is 0 Å². The summed E-state index contributed by atoms with van der Waals surface area (Å²) in [7, 11) is 0. The average molecular weight is 332 g/mol. The van der Waals surface area contributed by atoms with Crippen molar-refractivity contribution in [2.75, 3.05) is 19.7 Å². The summed E-state index contributed by atoms with van der Waals surface area (Å²) in [5, 5.41) is 12.4. The maximum atomic E-state index is 12.5. The quantitative estimate of drug-likeness (QED) is 0.838. The summed E-state index contributed by atoms with van der Waals surface area (Å²) in [6.45, 7) is 5.21. The first-order valence-electron chi connectivity index (χ1n) is 8.76. The second-order valence-electron chi connectivity index (χ2n) is 6.97. The fourth-order valence-corrected chi connectivity index (χ4v) is 3.21. The molecule has 2 rings (SSSR count). The minimum absolute atomic E-state index is 0.0195. The molecule has 1 aliphatic rings. The van der Waals surface area contributed by atoms with Crippen molar-refractivity contribution in [1.29, 1.82) is 0 Å². The Morgan fingerprint density at radius 2 is 2.00 bits per heavy atom. The minimum Gasteiger partial charge on any atom is -0.394 e. The lowest BCUT2D eigenvalue weighted by Crippen LogP contribution is -2.48. The Morgan fingerprint density at radius 3 is 2.62 bits per heavy atom. The Labute approximate surface area is 144 Å². The predicted octanol–water partition coefficient (Wildman–Crippen LogP) is 2.06. The van der Waals surface area contributed by atoms with E-state index < -0.39 is 0 Å². The highest BCUT2D eigenvalue weighted by molar-refractivity contribution is 5.94. The molecule has 0 spiro atoms. The zero-order valence-electron chi connectivity index (χ0n) is 14.6. The molecule has 1 aliphatic heterocycles. The Hall–Kier alpha value is -1.88. The van der Waals surface area contributed by atoms with Gasteiger partial charge in [-0.15, -0.1) is 0 Å². The molecule has 0 radical (unpaired) electrons.